The Hall–Kier alpha value is -1.26. The van der Waals surface area contributed by atoms with Gasteiger partial charge in [0.05, 0.1) is 0 Å². The molecule has 0 bridgehead atoms. The molecule has 0 aromatic carbocycles. The molecule has 1 aliphatic rings. The van der Waals surface area contributed by atoms with Crippen LogP contribution in [-0.2, 0) is 4.79 Å². The van der Waals surface area contributed by atoms with E-state index >= 15 is 0 Å². The van der Waals surface area contributed by atoms with Gasteiger partial charge in [0.2, 0.25) is 0 Å². The second-order valence-electron chi connectivity index (χ2n) is 5.00. The Bertz CT molecular complexity index is 314. The fourth-order valence-corrected chi connectivity index (χ4v) is 2.63. The highest BCUT2D eigenvalue weighted by molar-refractivity contribution is 5.87. The van der Waals surface area contributed by atoms with Gasteiger partial charge in [-0.3, -0.25) is 0 Å². The average Bonchev–Trinajstić information content (AvgIpc) is 2.63. The Balaban J connectivity index is 3.25. The van der Waals surface area contributed by atoms with Crippen LogP contribution in [0.15, 0.2) is 0 Å². The summed E-state index contributed by atoms with van der Waals surface area (Å²) in [6.07, 6.45) is 1.86. The van der Waals surface area contributed by atoms with Crippen LogP contribution in [-0.4, -0.2) is 34.1 Å². The third-order valence-corrected chi connectivity index (χ3v) is 4.00. The average molecular weight is 228 g/mol. The summed E-state index contributed by atoms with van der Waals surface area (Å²) in [4.78, 5) is 24.3. The monoisotopic (exact) mass is 228 g/mol. The number of hydrogen-bond donors (Lipinski definition) is 2. The minimum Gasteiger partial charge on any atom is -0.479 e. The van der Waals surface area contributed by atoms with Crippen LogP contribution >= 0.6 is 0 Å². The van der Waals surface area contributed by atoms with Crippen molar-refractivity contribution in [1.82, 2.24) is 4.90 Å². The van der Waals surface area contributed by atoms with Gasteiger partial charge in [0.15, 0.2) is 0 Å². The van der Waals surface area contributed by atoms with Gasteiger partial charge in [-0.05, 0) is 24.7 Å². The number of hydrogen-bond acceptors (Lipinski definition) is 2. The first kappa shape index (κ1) is 12.8. The maximum Gasteiger partial charge on any atom is 0.330 e. The number of amides is 2. The molecule has 0 radical (unpaired) electrons. The van der Waals surface area contributed by atoms with Gasteiger partial charge >= 0.3 is 12.0 Å². The zero-order valence-corrected chi connectivity index (χ0v) is 10.1. The van der Waals surface area contributed by atoms with E-state index in [1.165, 1.54) is 4.90 Å². The number of primary amides is 1. The molecule has 1 saturated heterocycles. The van der Waals surface area contributed by atoms with Gasteiger partial charge in [0, 0.05) is 6.54 Å². The summed E-state index contributed by atoms with van der Waals surface area (Å²) in [7, 11) is 0. The molecule has 1 unspecified atom stereocenters. The van der Waals surface area contributed by atoms with Crippen LogP contribution in [0.5, 0.6) is 0 Å². The van der Waals surface area contributed by atoms with Crippen molar-refractivity contribution in [3.63, 3.8) is 0 Å². The molecule has 92 valence electrons. The van der Waals surface area contributed by atoms with E-state index in [4.69, 9.17) is 5.73 Å². The van der Waals surface area contributed by atoms with Gasteiger partial charge < -0.3 is 15.7 Å². The highest BCUT2D eigenvalue weighted by atomic mass is 16.4. The highest BCUT2D eigenvalue weighted by Gasteiger charge is 2.58. The van der Waals surface area contributed by atoms with Crippen molar-refractivity contribution in [3.8, 4) is 0 Å². The molecule has 1 rings (SSSR count). The van der Waals surface area contributed by atoms with Gasteiger partial charge in [0.1, 0.15) is 5.54 Å². The molecular weight excluding hydrogens is 208 g/mol. The Labute approximate surface area is 95.6 Å². The molecule has 2 amide bonds. The molecule has 0 aromatic heterocycles. The third-order valence-electron chi connectivity index (χ3n) is 4.00. The largest absolute Gasteiger partial charge is 0.479 e. The summed E-state index contributed by atoms with van der Waals surface area (Å²) in [6.45, 7) is 6.12. The molecule has 0 aliphatic carbocycles. The molecule has 16 heavy (non-hydrogen) atoms. The molecule has 1 fully saturated rings. The van der Waals surface area contributed by atoms with E-state index < -0.39 is 23.0 Å². The van der Waals surface area contributed by atoms with Crippen molar-refractivity contribution in [2.45, 2.75) is 45.6 Å². The van der Waals surface area contributed by atoms with Crippen molar-refractivity contribution in [1.29, 1.82) is 0 Å². The van der Waals surface area contributed by atoms with Crippen molar-refractivity contribution >= 4 is 12.0 Å². The first-order chi connectivity index (χ1) is 7.29. The van der Waals surface area contributed by atoms with E-state index in [9.17, 15) is 14.7 Å². The molecule has 0 aromatic rings. The Morgan fingerprint density at radius 3 is 2.44 bits per heavy atom. The standard InChI is InChI=1S/C11H20N2O3/c1-4-10(2,3)11(8(14)15)6-5-7-13(11)9(12)16/h4-7H2,1-3H3,(H2,12,16)(H,14,15). The van der Waals surface area contributed by atoms with E-state index in [2.05, 4.69) is 0 Å². The molecule has 1 aliphatic heterocycles. The van der Waals surface area contributed by atoms with Crippen LogP contribution in [0.2, 0.25) is 0 Å². The first-order valence-electron chi connectivity index (χ1n) is 5.60. The van der Waals surface area contributed by atoms with E-state index in [1.807, 2.05) is 20.8 Å². The van der Waals surface area contributed by atoms with E-state index in [1.54, 1.807) is 0 Å². The summed E-state index contributed by atoms with van der Waals surface area (Å²) in [5.41, 5.74) is 3.66. The van der Waals surface area contributed by atoms with Crippen LogP contribution < -0.4 is 5.73 Å². The van der Waals surface area contributed by atoms with Crippen molar-refractivity contribution in [2.75, 3.05) is 6.54 Å². The molecule has 5 nitrogen and oxygen atoms in total. The number of carboxylic acids is 1. The zero-order valence-electron chi connectivity index (χ0n) is 10.1. The van der Waals surface area contributed by atoms with Gasteiger partial charge in [-0.25, -0.2) is 9.59 Å². The van der Waals surface area contributed by atoms with E-state index in [0.717, 1.165) is 0 Å². The fourth-order valence-electron chi connectivity index (χ4n) is 2.63. The lowest BCUT2D eigenvalue weighted by Gasteiger charge is -2.45. The van der Waals surface area contributed by atoms with Crippen LogP contribution in [0.1, 0.15) is 40.0 Å². The maximum atomic E-state index is 11.6. The number of urea groups is 1. The number of carbonyl (C=O) groups excluding carboxylic acids is 1. The summed E-state index contributed by atoms with van der Waals surface area (Å²) >= 11 is 0. The predicted molar refractivity (Wildman–Crippen MR) is 60.0 cm³/mol. The van der Waals surface area contributed by atoms with Crippen LogP contribution in [0.4, 0.5) is 4.79 Å². The van der Waals surface area contributed by atoms with Crippen LogP contribution in [0.3, 0.4) is 0 Å². The number of nitrogens with two attached hydrogens (primary N) is 1. The summed E-state index contributed by atoms with van der Waals surface area (Å²) in [5, 5.41) is 9.50. The lowest BCUT2D eigenvalue weighted by molar-refractivity contribution is -0.155. The number of carbonyl (C=O) groups is 2. The van der Waals surface area contributed by atoms with Crippen LogP contribution in [0.25, 0.3) is 0 Å². The number of nitrogens with zero attached hydrogens (tertiary/aromatic N) is 1. The Kier molecular flexibility index (Phi) is 3.17. The number of aliphatic carboxylic acids is 1. The quantitative estimate of drug-likeness (QED) is 0.766. The molecule has 3 N–H and O–H groups in total. The topological polar surface area (TPSA) is 83.6 Å². The lowest BCUT2D eigenvalue weighted by atomic mass is 9.68. The lowest BCUT2D eigenvalue weighted by Crippen LogP contribution is -2.62. The SMILES string of the molecule is CCC(C)(C)C1(C(=O)O)CCCN1C(N)=O. The number of likely N-dealkylation sites (tertiary alicyclic amines) is 1. The minimum atomic E-state index is -1.15. The normalized spacial score (nSPS) is 25.8. The van der Waals surface area contributed by atoms with Crippen LogP contribution in [0, 0.1) is 5.41 Å². The third kappa shape index (κ3) is 1.54. The molecule has 5 heteroatoms. The second-order valence-corrected chi connectivity index (χ2v) is 5.00. The zero-order chi connectivity index (χ0) is 12.6. The van der Waals surface area contributed by atoms with Gasteiger partial charge in [-0.1, -0.05) is 20.8 Å². The smallest absolute Gasteiger partial charge is 0.330 e. The maximum absolute atomic E-state index is 11.6. The molecule has 1 atom stereocenters. The number of carboxylic acid groups (broad SMARTS) is 1. The van der Waals surface area contributed by atoms with Crippen molar-refractivity contribution in [3.05, 3.63) is 0 Å². The Morgan fingerprint density at radius 2 is 2.06 bits per heavy atom. The first-order valence-corrected chi connectivity index (χ1v) is 5.60. The van der Waals surface area contributed by atoms with Crippen molar-refractivity contribution < 1.29 is 14.7 Å². The molecular formula is C11H20N2O3. The summed E-state index contributed by atoms with van der Waals surface area (Å²) in [5.74, 6) is -0.948. The minimum absolute atomic E-state index is 0.436. The van der Waals surface area contributed by atoms with Gasteiger partial charge in [-0.15, -0.1) is 0 Å². The summed E-state index contributed by atoms with van der Waals surface area (Å²) < 4.78 is 0. The van der Waals surface area contributed by atoms with Gasteiger partial charge in [0.25, 0.3) is 0 Å². The molecule has 1 heterocycles. The summed E-state index contributed by atoms with van der Waals surface area (Å²) in [6, 6.07) is -0.638. The Morgan fingerprint density at radius 1 is 1.50 bits per heavy atom. The fraction of sp³-hybridized carbons (Fsp3) is 0.818. The predicted octanol–water partition coefficient (Wildman–Crippen LogP) is 1.42. The van der Waals surface area contributed by atoms with E-state index in [-0.39, 0.29) is 0 Å². The molecule has 0 spiro atoms. The second kappa shape index (κ2) is 3.96. The van der Waals surface area contributed by atoms with Gasteiger partial charge in [-0.2, -0.15) is 0 Å². The number of rotatable bonds is 3. The molecule has 0 saturated carbocycles. The van der Waals surface area contributed by atoms with E-state index in [0.29, 0.717) is 25.8 Å². The highest BCUT2D eigenvalue weighted by Crippen LogP contribution is 2.45. The van der Waals surface area contributed by atoms with Crippen molar-refractivity contribution in [2.24, 2.45) is 11.1 Å².